The number of carbonyl (C=O) groups is 1. The summed E-state index contributed by atoms with van der Waals surface area (Å²) in [6, 6.07) is 7.77. The summed E-state index contributed by atoms with van der Waals surface area (Å²) in [6.07, 6.45) is 3.38. The standard InChI is InChI=1S/C13H14N2O2/c1-15(14)12(16)13(6-7-13)10-8-17-11-5-3-2-4-9(10)11/h2-5,8H,6-7,14H2,1H3. The van der Waals surface area contributed by atoms with Gasteiger partial charge in [-0.25, -0.2) is 5.84 Å². The van der Waals surface area contributed by atoms with Gasteiger partial charge < -0.3 is 4.42 Å². The van der Waals surface area contributed by atoms with Crippen molar-refractivity contribution in [2.24, 2.45) is 5.84 Å². The Balaban J connectivity index is 2.13. The van der Waals surface area contributed by atoms with Gasteiger partial charge in [0, 0.05) is 18.0 Å². The lowest BCUT2D eigenvalue weighted by molar-refractivity contribution is -0.132. The summed E-state index contributed by atoms with van der Waals surface area (Å²) in [7, 11) is 1.59. The highest BCUT2D eigenvalue weighted by Crippen LogP contribution is 2.51. The molecule has 0 unspecified atom stereocenters. The monoisotopic (exact) mass is 230 g/mol. The minimum absolute atomic E-state index is 0.0379. The van der Waals surface area contributed by atoms with Crippen molar-refractivity contribution in [3.8, 4) is 0 Å². The Labute approximate surface area is 99.0 Å². The summed E-state index contributed by atoms with van der Waals surface area (Å²) in [6.45, 7) is 0. The van der Waals surface area contributed by atoms with Crippen LogP contribution in [0.1, 0.15) is 18.4 Å². The quantitative estimate of drug-likeness (QED) is 0.486. The molecule has 1 fully saturated rings. The number of hydrazine groups is 1. The fraction of sp³-hybridized carbons (Fsp3) is 0.308. The van der Waals surface area contributed by atoms with Crippen molar-refractivity contribution in [1.82, 2.24) is 5.01 Å². The van der Waals surface area contributed by atoms with Crippen LogP contribution >= 0.6 is 0 Å². The largest absolute Gasteiger partial charge is 0.464 e. The van der Waals surface area contributed by atoms with Crippen LogP contribution in [-0.2, 0) is 10.2 Å². The molecular weight excluding hydrogens is 216 g/mol. The Morgan fingerprint density at radius 1 is 1.41 bits per heavy atom. The molecule has 1 aromatic heterocycles. The molecule has 4 heteroatoms. The maximum absolute atomic E-state index is 12.1. The third-order valence-electron chi connectivity index (χ3n) is 3.48. The van der Waals surface area contributed by atoms with Crippen molar-refractivity contribution in [3.63, 3.8) is 0 Å². The minimum atomic E-state index is -0.448. The molecule has 17 heavy (non-hydrogen) atoms. The Hall–Kier alpha value is -1.81. The average molecular weight is 230 g/mol. The second-order valence-corrected chi connectivity index (χ2v) is 4.64. The van der Waals surface area contributed by atoms with Crippen molar-refractivity contribution >= 4 is 16.9 Å². The third-order valence-corrected chi connectivity index (χ3v) is 3.48. The lowest BCUT2D eigenvalue weighted by atomic mass is 9.94. The summed E-state index contributed by atoms with van der Waals surface area (Å²) in [4.78, 5) is 12.1. The van der Waals surface area contributed by atoms with Crippen LogP contribution in [-0.4, -0.2) is 18.0 Å². The van der Waals surface area contributed by atoms with E-state index in [9.17, 15) is 4.79 Å². The number of hydrogen-bond acceptors (Lipinski definition) is 3. The highest BCUT2D eigenvalue weighted by atomic mass is 16.3. The zero-order valence-electron chi connectivity index (χ0n) is 9.64. The number of amides is 1. The summed E-state index contributed by atoms with van der Waals surface area (Å²) in [5.74, 6) is 5.53. The van der Waals surface area contributed by atoms with Crippen LogP contribution in [0.3, 0.4) is 0 Å². The lowest BCUT2D eigenvalue weighted by Crippen LogP contribution is -2.40. The Morgan fingerprint density at radius 3 is 2.76 bits per heavy atom. The van der Waals surface area contributed by atoms with Gasteiger partial charge >= 0.3 is 0 Å². The van der Waals surface area contributed by atoms with Gasteiger partial charge in [0.05, 0.1) is 11.7 Å². The Bertz CT molecular complexity index is 582. The summed E-state index contributed by atoms with van der Waals surface area (Å²) < 4.78 is 5.49. The van der Waals surface area contributed by atoms with Crippen LogP contribution in [0.2, 0.25) is 0 Å². The van der Waals surface area contributed by atoms with Gasteiger partial charge in [-0.3, -0.25) is 9.80 Å². The second-order valence-electron chi connectivity index (χ2n) is 4.64. The molecule has 2 N–H and O–H groups in total. The number of furan rings is 1. The lowest BCUT2D eigenvalue weighted by Gasteiger charge is -2.18. The molecule has 1 aromatic carbocycles. The van der Waals surface area contributed by atoms with Crippen molar-refractivity contribution in [2.45, 2.75) is 18.3 Å². The number of fused-ring (bicyclic) bond motifs is 1. The van der Waals surface area contributed by atoms with E-state index in [0.29, 0.717) is 0 Å². The van der Waals surface area contributed by atoms with E-state index in [1.165, 1.54) is 5.01 Å². The number of nitrogens with two attached hydrogens (primary N) is 1. The predicted molar refractivity (Wildman–Crippen MR) is 64.1 cm³/mol. The first-order valence-electron chi connectivity index (χ1n) is 5.65. The molecule has 1 heterocycles. The molecule has 1 aliphatic rings. The molecular formula is C13H14N2O2. The molecule has 0 saturated heterocycles. The van der Waals surface area contributed by atoms with Gasteiger partial charge in [-0.15, -0.1) is 0 Å². The van der Waals surface area contributed by atoms with Gasteiger partial charge in [0.25, 0.3) is 0 Å². The molecule has 0 radical (unpaired) electrons. The summed E-state index contributed by atoms with van der Waals surface area (Å²) in [5.41, 5.74) is 1.34. The smallest absolute Gasteiger partial charge is 0.246 e. The number of likely N-dealkylation sites (N-methyl/N-ethyl adjacent to an activating group) is 1. The summed E-state index contributed by atoms with van der Waals surface area (Å²) in [5, 5.41) is 2.19. The van der Waals surface area contributed by atoms with Crippen molar-refractivity contribution < 1.29 is 9.21 Å². The zero-order chi connectivity index (χ0) is 12.0. The molecule has 1 amide bonds. The highest BCUT2D eigenvalue weighted by Gasteiger charge is 2.53. The van der Waals surface area contributed by atoms with E-state index in [0.717, 1.165) is 29.4 Å². The molecule has 1 saturated carbocycles. The molecule has 4 nitrogen and oxygen atoms in total. The SMILES string of the molecule is CN(N)C(=O)C1(c2coc3ccccc23)CC1. The number of rotatable bonds is 2. The highest BCUT2D eigenvalue weighted by molar-refractivity contribution is 5.96. The molecule has 2 aromatic rings. The van der Waals surface area contributed by atoms with Crippen LogP contribution in [0.4, 0.5) is 0 Å². The van der Waals surface area contributed by atoms with Gasteiger partial charge in [0.1, 0.15) is 5.58 Å². The fourth-order valence-electron chi connectivity index (χ4n) is 2.41. The first-order chi connectivity index (χ1) is 8.15. The maximum atomic E-state index is 12.1. The maximum Gasteiger partial charge on any atom is 0.246 e. The third kappa shape index (κ3) is 1.37. The van der Waals surface area contributed by atoms with Crippen molar-refractivity contribution in [2.75, 3.05) is 7.05 Å². The van der Waals surface area contributed by atoms with Gasteiger partial charge in [-0.2, -0.15) is 0 Å². The van der Waals surface area contributed by atoms with Gasteiger partial charge in [-0.1, -0.05) is 18.2 Å². The van der Waals surface area contributed by atoms with E-state index < -0.39 is 5.41 Å². The van der Waals surface area contributed by atoms with E-state index in [4.69, 9.17) is 10.3 Å². The van der Waals surface area contributed by atoms with E-state index >= 15 is 0 Å². The normalized spacial score (nSPS) is 17.1. The number of hydrogen-bond donors (Lipinski definition) is 1. The molecule has 0 spiro atoms. The van der Waals surface area contributed by atoms with Gasteiger partial charge in [0.2, 0.25) is 5.91 Å². The van der Waals surface area contributed by atoms with E-state index in [2.05, 4.69) is 0 Å². The molecule has 0 aliphatic heterocycles. The molecule has 1 aliphatic carbocycles. The molecule has 0 atom stereocenters. The first-order valence-corrected chi connectivity index (χ1v) is 5.65. The van der Waals surface area contributed by atoms with Crippen LogP contribution in [0.25, 0.3) is 11.0 Å². The number of benzene rings is 1. The average Bonchev–Trinajstić information content (AvgIpc) is 3.02. The van der Waals surface area contributed by atoms with E-state index in [1.54, 1.807) is 13.3 Å². The molecule has 88 valence electrons. The number of para-hydroxylation sites is 1. The van der Waals surface area contributed by atoms with Crippen LogP contribution in [0.5, 0.6) is 0 Å². The summed E-state index contributed by atoms with van der Waals surface area (Å²) >= 11 is 0. The predicted octanol–water partition coefficient (Wildman–Crippen LogP) is 1.80. The van der Waals surface area contributed by atoms with Crippen LogP contribution < -0.4 is 5.84 Å². The van der Waals surface area contributed by atoms with Gasteiger partial charge in [0.15, 0.2) is 0 Å². The van der Waals surface area contributed by atoms with E-state index in [-0.39, 0.29) is 5.91 Å². The van der Waals surface area contributed by atoms with Crippen LogP contribution in [0.15, 0.2) is 34.9 Å². The second kappa shape index (κ2) is 3.34. The van der Waals surface area contributed by atoms with Crippen molar-refractivity contribution in [1.29, 1.82) is 0 Å². The van der Waals surface area contributed by atoms with E-state index in [1.807, 2.05) is 24.3 Å². The molecule has 3 rings (SSSR count). The topological polar surface area (TPSA) is 59.5 Å². The minimum Gasteiger partial charge on any atom is -0.464 e. The number of nitrogens with zero attached hydrogens (tertiary/aromatic N) is 1. The fourth-order valence-corrected chi connectivity index (χ4v) is 2.41. The number of carbonyl (C=O) groups excluding carboxylic acids is 1. The Kier molecular flexibility index (Phi) is 2.03. The molecule has 0 bridgehead atoms. The van der Waals surface area contributed by atoms with Crippen molar-refractivity contribution in [3.05, 3.63) is 36.1 Å². The van der Waals surface area contributed by atoms with Gasteiger partial charge in [-0.05, 0) is 18.9 Å². The Morgan fingerprint density at radius 2 is 2.12 bits per heavy atom. The van der Waals surface area contributed by atoms with Crippen LogP contribution in [0, 0.1) is 0 Å². The zero-order valence-corrected chi connectivity index (χ0v) is 9.64. The first kappa shape index (κ1) is 10.4.